The molecule has 4 heterocycles. The molecule has 2 aromatic heterocycles. The van der Waals surface area contributed by atoms with E-state index in [2.05, 4.69) is 6.07 Å². The molecule has 6 nitrogen and oxygen atoms in total. The number of rotatable bonds is 5. The number of thiophene rings is 1. The van der Waals surface area contributed by atoms with E-state index >= 15 is 0 Å². The largest absolute Gasteiger partial charge is 0.481 e. The van der Waals surface area contributed by atoms with Crippen LogP contribution in [-0.4, -0.2) is 39.5 Å². The fourth-order valence-electron chi connectivity index (χ4n) is 4.85. The molecule has 0 radical (unpaired) electrons. The first kappa shape index (κ1) is 19.9. The van der Waals surface area contributed by atoms with Crippen molar-refractivity contribution in [2.45, 2.75) is 45.6 Å². The number of carbonyl (C=O) groups excluding carboxylic acids is 1. The topological polar surface area (TPSA) is 79.6 Å². The van der Waals surface area contributed by atoms with Gasteiger partial charge < -0.3 is 14.6 Å². The molecule has 154 valence electrons. The van der Waals surface area contributed by atoms with Crippen molar-refractivity contribution in [2.24, 2.45) is 11.3 Å². The van der Waals surface area contributed by atoms with E-state index in [4.69, 9.17) is 5.11 Å². The second-order valence-electron chi connectivity index (χ2n) is 9.07. The van der Waals surface area contributed by atoms with Crippen LogP contribution in [0.5, 0.6) is 0 Å². The molecule has 29 heavy (non-hydrogen) atoms. The number of carbonyl (C=O) groups is 2. The number of hydrogen-bond acceptors (Lipinski definition) is 4. The third kappa shape index (κ3) is 4.01. The summed E-state index contributed by atoms with van der Waals surface area (Å²) < 4.78 is 1.91. The first-order valence-corrected chi connectivity index (χ1v) is 10.9. The average molecular weight is 415 g/mol. The van der Waals surface area contributed by atoms with Crippen molar-refractivity contribution in [2.75, 3.05) is 13.1 Å². The number of aliphatic carboxylic acids is 1. The van der Waals surface area contributed by atoms with Gasteiger partial charge in [0.05, 0.1) is 6.42 Å². The molecule has 0 saturated carbocycles. The van der Waals surface area contributed by atoms with E-state index in [0.29, 0.717) is 19.6 Å². The van der Waals surface area contributed by atoms with Gasteiger partial charge in [-0.05, 0) is 35.3 Å². The summed E-state index contributed by atoms with van der Waals surface area (Å²) in [6.45, 7) is 5.50. The quantitative estimate of drug-likeness (QED) is 0.813. The standard InChI is InChI=1S/C22H26N2O4S/c1-22(2,10-20(27)28)9-19(26)23-11-14-8-15(13-23)21-16(17-4-3-7-29-17)5-6-18(25)24(21)12-14/h3-7,14-15H,8-13H2,1-2H3,(H,27,28). The van der Waals surface area contributed by atoms with Gasteiger partial charge in [-0.3, -0.25) is 14.4 Å². The third-order valence-corrected chi connectivity index (χ3v) is 6.89. The van der Waals surface area contributed by atoms with E-state index < -0.39 is 11.4 Å². The number of carboxylic acid groups (broad SMARTS) is 1. The van der Waals surface area contributed by atoms with E-state index in [1.807, 2.05) is 40.8 Å². The number of amides is 1. The van der Waals surface area contributed by atoms with E-state index in [1.54, 1.807) is 17.4 Å². The summed E-state index contributed by atoms with van der Waals surface area (Å²) in [5, 5.41) is 11.1. The number of piperidine rings is 1. The highest BCUT2D eigenvalue weighted by atomic mass is 32.1. The summed E-state index contributed by atoms with van der Waals surface area (Å²) in [4.78, 5) is 39.7. The number of hydrogen-bond donors (Lipinski definition) is 1. The Balaban J connectivity index is 1.61. The van der Waals surface area contributed by atoms with Crippen LogP contribution >= 0.6 is 11.3 Å². The van der Waals surface area contributed by atoms with E-state index in [1.165, 1.54) is 0 Å². The molecule has 2 aromatic rings. The molecule has 2 unspecified atom stereocenters. The minimum Gasteiger partial charge on any atom is -0.481 e. The number of fused-ring (bicyclic) bond motifs is 4. The maximum atomic E-state index is 13.0. The average Bonchev–Trinajstić information content (AvgIpc) is 3.15. The molecule has 0 aromatic carbocycles. The van der Waals surface area contributed by atoms with Gasteiger partial charge in [0.25, 0.3) is 5.56 Å². The summed E-state index contributed by atoms with van der Waals surface area (Å²) in [7, 11) is 0. The monoisotopic (exact) mass is 414 g/mol. The van der Waals surface area contributed by atoms with Crippen molar-refractivity contribution in [1.82, 2.24) is 9.47 Å². The van der Waals surface area contributed by atoms with Gasteiger partial charge >= 0.3 is 5.97 Å². The second kappa shape index (κ2) is 7.44. The van der Waals surface area contributed by atoms with Gasteiger partial charge in [-0.25, -0.2) is 0 Å². The summed E-state index contributed by atoms with van der Waals surface area (Å²) in [5.41, 5.74) is 1.58. The molecule has 2 bridgehead atoms. The second-order valence-corrected chi connectivity index (χ2v) is 10.0. The number of carboxylic acids is 1. The lowest BCUT2D eigenvalue weighted by Crippen LogP contribution is -2.50. The van der Waals surface area contributed by atoms with Crippen LogP contribution in [0.2, 0.25) is 0 Å². The van der Waals surface area contributed by atoms with Gasteiger partial charge in [0.15, 0.2) is 0 Å². The Hall–Kier alpha value is -2.41. The molecule has 1 N–H and O–H groups in total. The van der Waals surface area contributed by atoms with E-state index in [9.17, 15) is 14.4 Å². The lowest BCUT2D eigenvalue weighted by atomic mass is 9.80. The van der Waals surface area contributed by atoms with Crippen LogP contribution in [0.1, 0.15) is 44.7 Å². The molecule has 1 saturated heterocycles. The zero-order valence-corrected chi connectivity index (χ0v) is 17.6. The first-order valence-electron chi connectivity index (χ1n) is 10.0. The number of pyridine rings is 1. The van der Waals surface area contributed by atoms with Gasteiger partial charge in [0.2, 0.25) is 5.91 Å². The lowest BCUT2D eigenvalue weighted by molar-refractivity contribution is -0.141. The van der Waals surface area contributed by atoms with E-state index in [0.717, 1.165) is 22.6 Å². The van der Waals surface area contributed by atoms with Crippen LogP contribution < -0.4 is 5.56 Å². The van der Waals surface area contributed by atoms with Crippen molar-refractivity contribution < 1.29 is 14.7 Å². The summed E-state index contributed by atoms with van der Waals surface area (Å²) in [6, 6.07) is 7.64. The van der Waals surface area contributed by atoms with Crippen molar-refractivity contribution in [3.8, 4) is 10.4 Å². The molecule has 4 rings (SSSR count). The van der Waals surface area contributed by atoms with Gasteiger partial charge in [0, 0.05) is 54.2 Å². The van der Waals surface area contributed by atoms with Gasteiger partial charge in [-0.15, -0.1) is 11.3 Å². The molecule has 2 aliphatic rings. The van der Waals surface area contributed by atoms with E-state index in [-0.39, 0.29) is 36.1 Å². The minimum atomic E-state index is -0.882. The molecule has 0 aliphatic carbocycles. The maximum Gasteiger partial charge on any atom is 0.303 e. The normalized spacial score (nSPS) is 21.0. The van der Waals surface area contributed by atoms with Crippen molar-refractivity contribution in [3.63, 3.8) is 0 Å². The van der Waals surface area contributed by atoms with Gasteiger partial charge in [-0.1, -0.05) is 19.9 Å². The van der Waals surface area contributed by atoms with Crippen LogP contribution in [0.4, 0.5) is 0 Å². The van der Waals surface area contributed by atoms with Gasteiger partial charge in [0.1, 0.15) is 0 Å². The molecule has 2 atom stereocenters. The molecular formula is C22H26N2O4S. The first-order chi connectivity index (χ1) is 13.7. The van der Waals surface area contributed by atoms with Crippen molar-refractivity contribution in [3.05, 3.63) is 45.7 Å². The molecule has 2 aliphatic heterocycles. The number of likely N-dealkylation sites (tertiary alicyclic amines) is 1. The number of nitrogens with zero attached hydrogens (tertiary/aromatic N) is 2. The minimum absolute atomic E-state index is 0.00958. The summed E-state index contributed by atoms with van der Waals surface area (Å²) >= 11 is 1.66. The Morgan fingerprint density at radius 1 is 1.17 bits per heavy atom. The zero-order valence-electron chi connectivity index (χ0n) is 16.8. The molecular weight excluding hydrogens is 388 g/mol. The van der Waals surface area contributed by atoms with Crippen LogP contribution in [0.25, 0.3) is 10.4 Å². The zero-order chi connectivity index (χ0) is 20.8. The lowest BCUT2D eigenvalue weighted by Gasteiger charge is -2.44. The molecule has 1 amide bonds. The fourth-order valence-corrected chi connectivity index (χ4v) is 5.61. The highest BCUT2D eigenvalue weighted by Crippen LogP contribution is 2.41. The Kier molecular flexibility index (Phi) is 5.11. The summed E-state index contributed by atoms with van der Waals surface area (Å²) in [6.07, 6.45) is 1.17. The third-order valence-electron chi connectivity index (χ3n) is 5.99. The predicted octanol–water partition coefficient (Wildman–Crippen LogP) is 3.41. The van der Waals surface area contributed by atoms with Crippen LogP contribution in [-0.2, 0) is 16.1 Å². The van der Waals surface area contributed by atoms with Crippen LogP contribution in [0.3, 0.4) is 0 Å². The highest BCUT2D eigenvalue weighted by molar-refractivity contribution is 7.13. The van der Waals surface area contributed by atoms with Crippen LogP contribution in [0, 0.1) is 11.3 Å². The molecule has 1 fully saturated rings. The number of aromatic nitrogens is 1. The Morgan fingerprint density at radius 2 is 1.97 bits per heavy atom. The fraction of sp³-hybridized carbons (Fsp3) is 0.500. The maximum absolute atomic E-state index is 13.0. The molecule has 7 heteroatoms. The Morgan fingerprint density at radius 3 is 2.66 bits per heavy atom. The Bertz CT molecular complexity index is 993. The Labute approximate surface area is 173 Å². The molecule has 0 spiro atoms. The highest BCUT2D eigenvalue weighted by Gasteiger charge is 2.39. The smallest absolute Gasteiger partial charge is 0.303 e. The predicted molar refractivity (Wildman–Crippen MR) is 112 cm³/mol. The van der Waals surface area contributed by atoms with Crippen LogP contribution in [0.15, 0.2) is 34.4 Å². The summed E-state index contributed by atoms with van der Waals surface area (Å²) in [5.74, 6) is -0.494. The van der Waals surface area contributed by atoms with Gasteiger partial charge in [-0.2, -0.15) is 0 Å². The SMILES string of the molecule is CC(C)(CC(=O)O)CC(=O)N1CC2CC(C1)c1c(-c3cccs3)ccc(=O)n1C2. The van der Waals surface area contributed by atoms with Crippen molar-refractivity contribution in [1.29, 1.82) is 0 Å². The van der Waals surface area contributed by atoms with Crippen molar-refractivity contribution >= 4 is 23.2 Å².